The first-order chi connectivity index (χ1) is 10.2. The predicted molar refractivity (Wildman–Crippen MR) is 79.6 cm³/mol. The van der Waals surface area contributed by atoms with Gasteiger partial charge in [-0.15, -0.1) is 0 Å². The van der Waals surface area contributed by atoms with Gasteiger partial charge in [0.25, 0.3) is 5.69 Å². The second-order valence-electron chi connectivity index (χ2n) is 4.48. The van der Waals surface area contributed by atoms with Crippen LogP contribution in [0, 0.1) is 10.1 Å². The van der Waals surface area contributed by atoms with Crippen LogP contribution in [0.1, 0.15) is 0 Å². The third-order valence-corrected chi connectivity index (χ3v) is 3.15. The van der Waals surface area contributed by atoms with Crippen LogP contribution in [0.4, 0.5) is 11.4 Å². The SMILES string of the molecule is COCC(CNc1ccnc2c([N+](=O)[O-])cccc12)OC. The van der Waals surface area contributed by atoms with E-state index in [4.69, 9.17) is 9.47 Å². The summed E-state index contributed by atoms with van der Waals surface area (Å²) in [4.78, 5) is 14.7. The zero-order valence-corrected chi connectivity index (χ0v) is 11.9. The number of fused-ring (bicyclic) bond motifs is 1. The van der Waals surface area contributed by atoms with Crippen molar-refractivity contribution in [3.05, 3.63) is 40.6 Å². The minimum atomic E-state index is -0.429. The van der Waals surface area contributed by atoms with E-state index in [0.717, 1.165) is 5.69 Å². The van der Waals surface area contributed by atoms with E-state index in [2.05, 4.69) is 10.3 Å². The van der Waals surface area contributed by atoms with Crippen LogP contribution in [0.15, 0.2) is 30.5 Å². The standard InChI is InChI=1S/C14H17N3O4/c1-20-9-10(21-2)8-16-12-6-7-15-14-11(12)4-3-5-13(14)17(18)19/h3-7,10H,8-9H2,1-2H3,(H,15,16). The van der Waals surface area contributed by atoms with Gasteiger partial charge < -0.3 is 14.8 Å². The van der Waals surface area contributed by atoms with Crippen LogP contribution in [0.2, 0.25) is 0 Å². The van der Waals surface area contributed by atoms with Crippen molar-refractivity contribution in [3.8, 4) is 0 Å². The van der Waals surface area contributed by atoms with Crippen LogP contribution in [-0.4, -0.2) is 43.4 Å². The van der Waals surface area contributed by atoms with Gasteiger partial charge in [0, 0.05) is 44.1 Å². The lowest BCUT2D eigenvalue weighted by molar-refractivity contribution is -0.383. The highest BCUT2D eigenvalue weighted by Gasteiger charge is 2.15. The van der Waals surface area contributed by atoms with Crippen LogP contribution in [0.3, 0.4) is 0 Å². The Morgan fingerprint density at radius 2 is 2.19 bits per heavy atom. The molecule has 0 aliphatic heterocycles. The molecule has 0 bridgehead atoms. The zero-order valence-electron chi connectivity index (χ0n) is 11.9. The number of hydrogen-bond donors (Lipinski definition) is 1. The monoisotopic (exact) mass is 291 g/mol. The normalized spacial score (nSPS) is 12.3. The summed E-state index contributed by atoms with van der Waals surface area (Å²) < 4.78 is 10.3. The van der Waals surface area contributed by atoms with Crippen molar-refractivity contribution >= 4 is 22.3 Å². The van der Waals surface area contributed by atoms with Crippen molar-refractivity contribution < 1.29 is 14.4 Å². The van der Waals surface area contributed by atoms with Gasteiger partial charge in [0.2, 0.25) is 0 Å². The van der Waals surface area contributed by atoms with Gasteiger partial charge in [-0.3, -0.25) is 10.1 Å². The quantitative estimate of drug-likeness (QED) is 0.621. The van der Waals surface area contributed by atoms with E-state index in [0.29, 0.717) is 24.1 Å². The maximum atomic E-state index is 11.0. The van der Waals surface area contributed by atoms with Gasteiger partial charge in [-0.2, -0.15) is 0 Å². The Hall–Kier alpha value is -2.25. The number of aromatic nitrogens is 1. The molecule has 0 fully saturated rings. The minimum absolute atomic E-state index is 0.00340. The summed E-state index contributed by atoms with van der Waals surface area (Å²) in [6, 6.07) is 6.68. The molecule has 1 atom stereocenters. The van der Waals surface area contributed by atoms with Crippen molar-refractivity contribution in [1.29, 1.82) is 0 Å². The topological polar surface area (TPSA) is 86.5 Å². The smallest absolute Gasteiger partial charge is 0.295 e. The molecule has 0 radical (unpaired) electrons. The van der Waals surface area contributed by atoms with Crippen LogP contribution in [0.25, 0.3) is 10.9 Å². The number of nitro benzene ring substituents is 1. The molecule has 2 rings (SSSR count). The van der Waals surface area contributed by atoms with Crippen LogP contribution in [0.5, 0.6) is 0 Å². The highest BCUT2D eigenvalue weighted by Crippen LogP contribution is 2.28. The number of hydrogen-bond acceptors (Lipinski definition) is 6. The Kier molecular flexibility index (Phi) is 5.02. The second kappa shape index (κ2) is 6.96. The first-order valence-electron chi connectivity index (χ1n) is 6.45. The van der Waals surface area contributed by atoms with Crippen molar-refractivity contribution in [1.82, 2.24) is 4.98 Å². The van der Waals surface area contributed by atoms with E-state index in [9.17, 15) is 10.1 Å². The molecule has 7 nitrogen and oxygen atoms in total. The average molecular weight is 291 g/mol. The summed E-state index contributed by atoms with van der Waals surface area (Å²) in [6.07, 6.45) is 1.45. The molecule has 112 valence electrons. The summed E-state index contributed by atoms with van der Waals surface area (Å²) in [5, 5.41) is 15.0. The van der Waals surface area contributed by atoms with E-state index in [1.807, 2.05) is 0 Å². The number of nitrogens with zero attached hydrogens (tertiary/aromatic N) is 2. The minimum Gasteiger partial charge on any atom is -0.382 e. The van der Waals surface area contributed by atoms with E-state index in [1.54, 1.807) is 38.6 Å². The Labute approximate surface area is 122 Å². The molecule has 0 saturated heterocycles. The molecular formula is C14H17N3O4. The van der Waals surface area contributed by atoms with Gasteiger partial charge in [0.05, 0.1) is 17.6 Å². The predicted octanol–water partition coefficient (Wildman–Crippen LogP) is 2.22. The fraction of sp³-hybridized carbons (Fsp3) is 0.357. The fourth-order valence-electron chi connectivity index (χ4n) is 2.08. The maximum absolute atomic E-state index is 11.0. The molecule has 0 saturated carbocycles. The summed E-state index contributed by atoms with van der Waals surface area (Å²) in [5.41, 5.74) is 1.14. The third kappa shape index (κ3) is 3.45. The first-order valence-corrected chi connectivity index (χ1v) is 6.45. The molecule has 0 spiro atoms. The van der Waals surface area contributed by atoms with Crippen molar-refractivity contribution in [2.45, 2.75) is 6.10 Å². The molecule has 1 unspecified atom stereocenters. The lowest BCUT2D eigenvalue weighted by Crippen LogP contribution is -2.26. The average Bonchev–Trinajstić information content (AvgIpc) is 2.50. The molecule has 1 heterocycles. The number of nitro groups is 1. The maximum Gasteiger partial charge on any atom is 0.295 e. The molecule has 1 aromatic carbocycles. The van der Waals surface area contributed by atoms with Crippen molar-refractivity contribution in [3.63, 3.8) is 0 Å². The molecule has 7 heteroatoms. The Morgan fingerprint density at radius 1 is 1.38 bits per heavy atom. The molecular weight excluding hydrogens is 274 g/mol. The Balaban J connectivity index is 2.28. The van der Waals surface area contributed by atoms with Crippen molar-refractivity contribution in [2.24, 2.45) is 0 Å². The number of ether oxygens (including phenoxy) is 2. The highest BCUT2D eigenvalue weighted by atomic mass is 16.6. The van der Waals surface area contributed by atoms with Crippen LogP contribution in [-0.2, 0) is 9.47 Å². The van der Waals surface area contributed by atoms with Gasteiger partial charge in [-0.1, -0.05) is 12.1 Å². The lowest BCUT2D eigenvalue weighted by Gasteiger charge is -2.16. The van der Waals surface area contributed by atoms with E-state index in [-0.39, 0.29) is 11.8 Å². The molecule has 0 aliphatic carbocycles. The Morgan fingerprint density at radius 3 is 2.86 bits per heavy atom. The highest BCUT2D eigenvalue weighted by molar-refractivity contribution is 5.96. The number of rotatable bonds is 7. The number of nitrogens with one attached hydrogen (secondary N) is 1. The number of benzene rings is 1. The number of pyridine rings is 1. The van der Waals surface area contributed by atoms with Gasteiger partial charge in [0.15, 0.2) is 0 Å². The summed E-state index contributed by atoms with van der Waals surface area (Å²) in [6.45, 7) is 0.999. The summed E-state index contributed by atoms with van der Waals surface area (Å²) in [7, 11) is 3.22. The molecule has 1 aromatic heterocycles. The van der Waals surface area contributed by atoms with Crippen LogP contribution >= 0.6 is 0 Å². The number of anilines is 1. The lowest BCUT2D eigenvalue weighted by atomic mass is 10.1. The van der Waals surface area contributed by atoms with Gasteiger partial charge in [-0.05, 0) is 6.07 Å². The fourth-order valence-corrected chi connectivity index (χ4v) is 2.08. The zero-order chi connectivity index (χ0) is 15.2. The number of methoxy groups -OCH3 is 2. The van der Waals surface area contributed by atoms with E-state index < -0.39 is 4.92 Å². The molecule has 2 aromatic rings. The second-order valence-corrected chi connectivity index (χ2v) is 4.48. The van der Waals surface area contributed by atoms with E-state index in [1.165, 1.54) is 6.07 Å². The molecule has 0 amide bonds. The van der Waals surface area contributed by atoms with Gasteiger partial charge in [-0.25, -0.2) is 4.98 Å². The van der Waals surface area contributed by atoms with Crippen molar-refractivity contribution in [2.75, 3.05) is 32.7 Å². The number of para-hydroxylation sites is 1. The van der Waals surface area contributed by atoms with Gasteiger partial charge >= 0.3 is 0 Å². The molecule has 21 heavy (non-hydrogen) atoms. The summed E-state index contributed by atoms with van der Waals surface area (Å²) >= 11 is 0. The Bertz CT molecular complexity index is 633. The third-order valence-electron chi connectivity index (χ3n) is 3.15. The molecule has 0 aliphatic rings. The van der Waals surface area contributed by atoms with E-state index >= 15 is 0 Å². The van der Waals surface area contributed by atoms with Crippen LogP contribution < -0.4 is 5.32 Å². The van der Waals surface area contributed by atoms with Gasteiger partial charge in [0.1, 0.15) is 5.52 Å². The molecule has 1 N–H and O–H groups in total. The summed E-state index contributed by atoms with van der Waals surface area (Å²) in [5.74, 6) is 0. The largest absolute Gasteiger partial charge is 0.382 e. The number of non-ortho nitro benzene ring substituents is 1. The first kappa shape index (κ1) is 15.1.